The quantitative estimate of drug-likeness (QED) is 0.615. The van der Waals surface area contributed by atoms with Gasteiger partial charge in [-0.1, -0.05) is 6.08 Å². The van der Waals surface area contributed by atoms with E-state index in [4.69, 9.17) is 5.11 Å². The van der Waals surface area contributed by atoms with Crippen molar-refractivity contribution >= 4 is 0 Å². The lowest BCUT2D eigenvalue weighted by Gasteiger charge is -2.26. The van der Waals surface area contributed by atoms with Gasteiger partial charge in [0.2, 0.25) is 0 Å². The fourth-order valence-electron chi connectivity index (χ4n) is 1.73. The molecule has 1 aliphatic rings. The summed E-state index contributed by atoms with van der Waals surface area (Å²) < 4.78 is 0. The zero-order chi connectivity index (χ0) is 8.27. The Balaban J connectivity index is 2.48. The number of nitrogens with zero attached hydrogens (tertiary/aromatic N) is 1. The summed E-state index contributed by atoms with van der Waals surface area (Å²) in [5, 5.41) is 9.00. The fourth-order valence-corrected chi connectivity index (χ4v) is 1.73. The van der Waals surface area contributed by atoms with Crippen molar-refractivity contribution in [2.24, 2.45) is 0 Å². The molecule has 0 aliphatic carbocycles. The van der Waals surface area contributed by atoms with E-state index in [0.717, 1.165) is 13.0 Å². The van der Waals surface area contributed by atoms with Crippen LogP contribution in [0.4, 0.5) is 0 Å². The molecule has 1 saturated heterocycles. The second-order valence-electron chi connectivity index (χ2n) is 3.19. The number of aliphatic hydroxyl groups excluding tert-OH is 1. The third-order valence-electron chi connectivity index (χ3n) is 2.50. The van der Waals surface area contributed by atoms with Crippen molar-refractivity contribution < 1.29 is 5.11 Å². The highest BCUT2D eigenvalue weighted by Gasteiger charge is 2.25. The first-order valence-electron chi connectivity index (χ1n) is 4.28. The molecular weight excluding hydrogens is 138 g/mol. The lowest BCUT2D eigenvalue weighted by Crippen LogP contribution is -2.38. The van der Waals surface area contributed by atoms with Crippen molar-refractivity contribution in [3.05, 3.63) is 12.7 Å². The van der Waals surface area contributed by atoms with E-state index in [9.17, 15) is 0 Å². The van der Waals surface area contributed by atoms with Gasteiger partial charge >= 0.3 is 0 Å². The van der Waals surface area contributed by atoms with Crippen molar-refractivity contribution in [1.82, 2.24) is 4.90 Å². The Kier molecular flexibility index (Phi) is 3.09. The summed E-state index contributed by atoms with van der Waals surface area (Å²) in [7, 11) is 0. The van der Waals surface area contributed by atoms with E-state index in [-0.39, 0.29) is 6.61 Å². The minimum Gasteiger partial charge on any atom is -0.395 e. The van der Waals surface area contributed by atoms with Gasteiger partial charge in [0.15, 0.2) is 0 Å². The fraction of sp³-hybridized carbons (Fsp3) is 0.778. The maximum absolute atomic E-state index is 9.00. The molecule has 2 atom stereocenters. The molecule has 0 aromatic carbocycles. The third-order valence-corrected chi connectivity index (χ3v) is 2.50. The summed E-state index contributed by atoms with van der Waals surface area (Å²) in [6, 6.07) is 0.789. The lowest BCUT2D eigenvalue weighted by atomic mass is 10.2. The Morgan fingerprint density at radius 3 is 3.09 bits per heavy atom. The minimum absolute atomic E-state index is 0.290. The van der Waals surface area contributed by atoms with Crippen molar-refractivity contribution in [3.8, 4) is 0 Å². The summed E-state index contributed by atoms with van der Waals surface area (Å²) >= 11 is 0. The molecule has 0 aromatic rings. The summed E-state index contributed by atoms with van der Waals surface area (Å²) in [6.07, 6.45) is 4.28. The van der Waals surface area contributed by atoms with Crippen LogP contribution in [0.2, 0.25) is 0 Å². The Morgan fingerprint density at radius 2 is 2.55 bits per heavy atom. The average molecular weight is 155 g/mol. The maximum Gasteiger partial charge on any atom is 0.0587 e. The highest BCUT2D eigenvalue weighted by Crippen LogP contribution is 2.19. The van der Waals surface area contributed by atoms with Crippen molar-refractivity contribution in [3.63, 3.8) is 0 Å². The highest BCUT2D eigenvalue weighted by molar-refractivity contribution is 4.90. The van der Waals surface area contributed by atoms with Gasteiger partial charge in [-0.2, -0.15) is 0 Å². The van der Waals surface area contributed by atoms with E-state index in [0.29, 0.717) is 12.1 Å². The molecule has 0 saturated carbocycles. The molecule has 1 N–H and O–H groups in total. The first-order chi connectivity index (χ1) is 5.29. The Hall–Kier alpha value is -0.340. The van der Waals surface area contributed by atoms with Gasteiger partial charge in [0.1, 0.15) is 0 Å². The zero-order valence-electron chi connectivity index (χ0n) is 7.16. The second kappa shape index (κ2) is 3.88. The lowest BCUT2D eigenvalue weighted by molar-refractivity contribution is 0.142. The molecular formula is C9H17NO. The molecule has 0 aromatic heterocycles. The van der Waals surface area contributed by atoms with Gasteiger partial charge < -0.3 is 5.11 Å². The highest BCUT2D eigenvalue weighted by atomic mass is 16.3. The van der Waals surface area contributed by atoms with Gasteiger partial charge in [0, 0.05) is 12.1 Å². The van der Waals surface area contributed by atoms with E-state index in [1.807, 2.05) is 6.08 Å². The van der Waals surface area contributed by atoms with Crippen LogP contribution in [-0.2, 0) is 0 Å². The molecule has 1 rings (SSSR count). The first-order valence-corrected chi connectivity index (χ1v) is 4.28. The summed E-state index contributed by atoms with van der Waals surface area (Å²) in [5.74, 6) is 0. The third kappa shape index (κ3) is 1.82. The topological polar surface area (TPSA) is 23.5 Å². The van der Waals surface area contributed by atoms with Crippen LogP contribution in [0.25, 0.3) is 0 Å². The monoisotopic (exact) mass is 155 g/mol. The summed E-state index contributed by atoms with van der Waals surface area (Å²) in [5.41, 5.74) is 0. The molecule has 1 fully saturated rings. The minimum atomic E-state index is 0.290. The molecule has 11 heavy (non-hydrogen) atoms. The molecule has 1 heterocycles. The summed E-state index contributed by atoms with van der Waals surface area (Å²) in [4.78, 5) is 2.31. The van der Waals surface area contributed by atoms with Gasteiger partial charge in [-0.15, -0.1) is 6.58 Å². The Labute approximate surface area is 68.5 Å². The average Bonchev–Trinajstić information content (AvgIpc) is 2.50. The van der Waals surface area contributed by atoms with Crippen molar-refractivity contribution in [1.29, 1.82) is 0 Å². The molecule has 1 aliphatic heterocycles. The number of hydrogen-bond acceptors (Lipinski definition) is 2. The number of likely N-dealkylation sites (tertiary alicyclic amines) is 1. The molecule has 0 amide bonds. The molecule has 2 nitrogen and oxygen atoms in total. The van der Waals surface area contributed by atoms with Gasteiger partial charge in [0.25, 0.3) is 0 Å². The number of rotatable bonds is 3. The Bertz CT molecular complexity index is 136. The van der Waals surface area contributed by atoms with Crippen LogP contribution < -0.4 is 0 Å². The molecule has 1 unspecified atom stereocenters. The van der Waals surface area contributed by atoms with Crippen LogP contribution in [-0.4, -0.2) is 35.2 Å². The van der Waals surface area contributed by atoms with E-state index in [1.165, 1.54) is 6.42 Å². The van der Waals surface area contributed by atoms with Gasteiger partial charge in [-0.3, -0.25) is 4.90 Å². The number of hydrogen-bond donors (Lipinski definition) is 1. The first kappa shape index (κ1) is 8.75. The number of aliphatic hydroxyl groups is 1. The van der Waals surface area contributed by atoms with Crippen molar-refractivity contribution in [2.75, 3.05) is 13.2 Å². The van der Waals surface area contributed by atoms with Crippen LogP contribution in [0.1, 0.15) is 19.8 Å². The summed E-state index contributed by atoms with van der Waals surface area (Å²) in [6.45, 7) is 7.28. The van der Waals surface area contributed by atoms with Crippen LogP contribution in [0.5, 0.6) is 0 Å². The predicted octanol–water partition coefficient (Wildman–Crippen LogP) is 1.02. The van der Waals surface area contributed by atoms with E-state index >= 15 is 0 Å². The molecule has 0 spiro atoms. The molecule has 64 valence electrons. The normalized spacial score (nSPS) is 28.7. The molecule has 2 heteroatoms. The van der Waals surface area contributed by atoms with Gasteiger partial charge in [0.05, 0.1) is 6.61 Å². The largest absolute Gasteiger partial charge is 0.395 e. The van der Waals surface area contributed by atoms with Crippen LogP contribution in [0.3, 0.4) is 0 Å². The SMILES string of the molecule is C=CC(C)N1CCC[C@H]1CO. The van der Waals surface area contributed by atoms with Crippen LogP contribution >= 0.6 is 0 Å². The smallest absolute Gasteiger partial charge is 0.0587 e. The van der Waals surface area contributed by atoms with Gasteiger partial charge in [-0.05, 0) is 26.3 Å². The Morgan fingerprint density at radius 1 is 1.82 bits per heavy atom. The van der Waals surface area contributed by atoms with E-state index in [1.54, 1.807) is 0 Å². The van der Waals surface area contributed by atoms with Crippen LogP contribution in [0.15, 0.2) is 12.7 Å². The van der Waals surface area contributed by atoms with Gasteiger partial charge in [-0.25, -0.2) is 0 Å². The van der Waals surface area contributed by atoms with E-state index < -0.39 is 0 Å². The standard InChI is InChI=1S/C9H17NO/c1-3-8(2)10-6-4-5-9(10)7-11/h3,8-9,11H,1,4-7H2,2H3/t8?,9-/m0/s1. The van der Waals surface area contributed by atoms with Crippen LogP contribution in [0, 0.1) is 0 Å². The maximum atomic E-state index is 9.00. The molecule has 0 radical (unpaired) electrons. The van der Waals surface area contributed by atoms with Crippen molar-refractivity contribution in [2.45, 2.75) is 31.8 Å². The second-order valence-corrected chi connectivity index (χ2v) is 3.19. The molecule has 0 bridgehead atoms. The predicted molar refractivity (Wildman–Crippen MR) is 46.5 cm³/mol. The van der Waals surface area contributed by atoms with E-state index in [2.05, 4.69) is 18.4 Å². The zero-order valence-corrected chi connectivity index (χ0v) is 7.16.